The molecule has 0 unspecified atom stereocenters. The van der Waals surface area contributed by atoms with Crippen molar-refractivity contribution in [1.29, 1.82) is 0 Å². The molecule has 1 saturated heterocycles. The molecule has 0 radical (unpaired) electrons. The summed E-state index contributed by atoms with van der Waals surface area (Å²) in [6.07, 6.45) is 3.17. The number of benzene rings is 2. The van der Waals surface area contributed by atoms with Crippen LogP contribution in [0.3, 0.4) is 0 Å². The van der Waals surface area contributed by atoms with Gasteiger partial charge in [0.1, 0.15) is 12.0 Å². The van der Waals surface area contributed by atoms with Crippen LogP contribution in [-0.2, 0) is 11.2 Å². The average Bonchev–Trinajstić information content (AvgIpc) is 3.34. The van der Waals surface area contributed by atoms with Crippen molar-refractivity contribution in [3.8, 4) is 11.5 Å². The number of rotatable bonds is 5. The highest BCUT2D eigenvalue weighted by Gasteiger charge is 2.21. The first-order valence-corrected chi connectivity index (χ1v) is 9.14. The van der Waals surface area contributed by atoms with Crippen LogP contribution in [0.5, 0.6) is 0 Å². The Kier molecular flexibility index (Phi) is 5.06. The van der Waals surface area contributed by atoms with Gasteiger partial charge in [-0.25, -0.2) is 13.8 Å². The van der Waals surface area contributed by atoms with E-state index in [1.54, 1.807) is 4.90 Å². The van der Waals surface area contributed by atoms with E-state index in [-0.39, 0.29) is 17.8 Å². The van der Waals surface area contributed by atoms with Gasteiger partial charge in [-0.2, -0.15) is 0 Å². The number of oxazole rings is 1. The van der Waals surface area contributed by atoms with E-state index in [0.29, 0.717) is 24.7 Å². The number of carbonyl (C=O) groups excluding carboxylic acids is 1. The molecule has 2 heterocycles. The van der Waals surface area contributed by atoms with Gasteiger partial charge in [0.25, 0.3) is 0 Å². The van der Waals surface area contributed by atoms with Crippen LogP contribution in [0.4, 0.5) is 20.2 Å². The van der Waals surface area contributed by atoms with Gasteiger partial charge in [-0.15, -0.1) is 0 Å². The Morgan fingerprint density at radius 3 is 2.46 bits per heavy atom. The van der Waals surface area contributed by atoms with Crippen LogP contribution in [0.2, 0.25) is 0 Å². The zero-order chi connectivity index (χ0) is 19.5. The molecule has 0 bridgehead atoms. The van der Waals surface area contributed by atoms with E-state index in [4.69, 9.17) is 4.42 Å². The van der Waals surface area contributed by atoms with Crippen LogP contribution in [0.25, 0.3) is 11.5 Å². The summed E-state index contributed by atoms with van der Waals surface area (Å²) in [4.78, 5) is 18.2. The van der Waals surface area contributed by atoms with E-state index in [1.807, 2.05) is 30.3 Å². The lowest BCUT2D eigenvalue weighted by Gasteiger charge is -2.19. The third kappa shape index (κ3) is 3.88. The molecule has 1 aliphatic rings. The largest absolute Gasteiger partial charge is 0.444 e. The third-order valence-electron chi connectivity index (χ3n) is 4.64. The van der Waals surface area contributed by atoms with Gasteiger partial charge >= 0.3 is 0 Å². The lowest BCUT2D eigenvalue weighted by molar-refractivity contribution is -0.115. The lowest BCUT2D eigenvalue weighted by atomic mass is 10.2. The van der Waals surface area contributed by atoms with E-state index in [0.717, 1.165) is 30.5 Å². The smallest absolute Gasteiger partial charge is 0.230 e. The monoisotopic (exact) mass is 383 g/mol. The summed E-state index contributed by atoms with van der Waals surface area (Å²) < 4.78 is 34.1. The summed E-state index contributed by atoms with van der Waals surface area (Å²) >= 11 is 0. The Balaban J connectivity index is 1.43. The topological polar surface area (TPSA) is 58.4 Å². The fourth-order valence-corrected chi connectivity index (χ4v) is 3.35. The van der Waals surface area contributed by atoms with Crippen molar-refractivity contribution in [2.45, 2.75) is 19.3 Å². The van der Waals surface area contributed by atoms with Crippen molar-refractivity contribution in [2.24, 2.45) is 0 Å². The van der Waals surface area contributed by atoms with Crippen molar-refractivity contribution in [3.05, 3.63) is 66.1 Å². The van der Waals surface area contributed by atoms with Gasteiger partial charge in [0.15, 0.2) is 11.6 Å². The van der Waals surface area contributed by atoms with Gasteiger partial charge < -0.3 is 14.6 Å². The minimum atomic E-state index is -0.676. The molecule has 0 aliphatic carbocycles. The van der Waals surface area contributed by atoms with E-state index in [9.17, 15) is 13.6 Å². The number of nitrogens with zero attached hydrogens (tertiary/aromatic N) is 2. The first kappa shape index (κ1) is 18.2. The van der Waals surface area contributed by atoms with E-state index >= 15 is 0 Å². The number of hydrogen-bond acceptors (Lipinski definition) is 4. The van der Waals surface area contributed by atoms with Gasteiger partial charge in [0.05, 0.1) is 12.1 Å². The second kappa shape index (κ2) is 7.80. The first-order valence-electron chi connectivity index (χ1n) is 9.14. The molecular weight excluding hydrogens is 364 g/mol. The summed E-state index contributed by atoms with van der Waals surface area (Å²) in [5, 5.41) is 2.52. The van der Waals surface area contributed by atoms with Crippen molar-refractivity contribution < 1.29 is 18.0 Å². The number of carbonyl (C=O) groups is 1. The molecule has 28 heavy (non-hydrogen) atoms. The second-order valence-electron chi connectivity index (χ2n) is 6.72. The van der Waals surface area contributed by atoms with Crippen LogP contribution in [0, 0.1) is 11.6 Å². The van der Waals surface area contributed by atoms with Crippen LogP contribution in [0.15, 0.2) is 53.1 Å². The quantitative estimate of drug-likeness (QED) is 0.709. The molecule has 2 aromatic carbocycles. The van der Waals surface area contributed by atoms with Gasteiger partial charge in [0, 0.05) is 24.3 Å². The maximum Gasteiger partial charge on any atom is 0.230 e. The maximum absolute atomic E-state index is 14.4. The highest BCUT2D eigenvalue weighted by Crippen LogP contribution is 2.29. The van der Waals surface area contributed by atoms with Crippen LogP contribution >= 0.6 is 0 Å². The number of amides is 1. The lowest BCUT2D eigenvalue weighted by Crippen LogP contribution is -2.21. The predicted octanol–water partition coefficient (Wildman–Crippen LogP) is 4.40. The minimum absolute atomic E-state index is 0.0282. The summed E-state index contributed by atoms with van der Waals surface area (Å²) in [6, 6.07) is 11.6. The molecular formula is C21H19F2N3O2. The highest BCUT2D eigenvalue weighted by molar-refractivity contribution is 5.92. The fraction of sp³-hybridized carbons (Fsp3) is 0.238. The Morgan fingerprint density at radius 1 is 1.11 bits per heavy atom. The van der Waals surface area contributed by atoms with Crippen molar-refractivity contribution in [3.63, 3.8) is 0 Å². The molecule has 5 nitrogen and oxygen atoms in total. The number of hydrogen-bond donors (Lipinski definition) is 1. The van der Waals surface area contributed by atoms with Gasteiger partial charge in [-0.1, -0.05) is 18.2 Å². The molecule has 1 aromatic heterocycles. The van der Waals surface area contributed by atoms with Crippen molar-refractivity contribution >= 4 is 17.3 Å². The molecule has 1 aliphatic heterocycles. The van der Waals surface area contributed by atoms with Gasteiger partial charge in [0.2, 0.25) is 11.8 Å². The van der Waals surface area contributed by atoms with Crippen molar-refractivity contribution in [1.82, 2.24) is 4.98 Å². The molecule has 7 heteroatoms. The van der Waals surface area contributed by atoms with Crippen molar-refractivity contribution in [2.75, 3.05) is 23.3 Å². The predicted molar refractivity (Wildman–Crippen MR) is 102 cm³/mol. The van der Waals surface area contributed by atoms with Gasteiger partial charge in [-0.3, -0.25) is 4.79 Å². The maximum atomic E-state index is 14.4. The molecule has 3 aromatic rings. The summed E-state index contributed by atoms with van der Waals surface area (Å²) in [5.41, 5.74) is 1.29. The molecule has 1 N–H and O–H groups in total. The summed E-state index contributed by atoms with van der Waals surface area (Å²) in [6.45, 7) is 1.27. The second-order valence-corrected chi connectivity index (χ2v) is 6.72. The summed E-state index contributed by atoms with van der Waals surface area (Å²) in [7, 11) is 0. The van der Waals surface area contributed by atoms with Gasteiger partial charge in [-0.05, 0) is 37.1 Å². The molecule has 1 fully saturated rings. The number of anilines is 2. The standard InChI is InChI=1S/C21H19F2N3O2/c22-17-10-15(11-18(23)20(17)26-8-4-5-9-26)24-19(27)12-16-13-28-21(25-16)14-6-2-1-3-7-14/h1-3,6-7,10-11,13H,4-5,8-9,12H2,(H,24,27). The highest BCUT2D eigenvalue weighted by atomic mass is 19.1. The molecule has 4 rings (SSSR count). The zero-order valence-electron chi connectivity index (χ0n) is 15.1. The Bertz CT molecular complexity index is 959. The first-order chi connectivity index (χ1) is 13.6. The zero-order valence-corrected chi connectivity index (χ0v) is 15.1. The Morgan fingerprint density at radius 2 is 1.79 bits per heavy atom. The van der Waals surface area contributed by atoms with Crippen LogP contribution in [0.1, 0.15) is 18.5 Å². The van der Waals surface area contributed by atoms with Crippen LogP contribution < -0.4 is 10.2 Å². The Hall–Kier alpha value is -3.22. The minimum Gasteiger partial charge on any atom is -0.444 e. The normalized spacial score (nSPS) is 13.7. The number of nitrogens with one attached hydrogen (secondary N) is 1. The number of halogens is 2. The fourth-order valence-electron chi connectivity index (χ4n) is 3.35. The number of aromatic nitrogens is 1. The molecule has 0 atom stereocenters. The summed E-state index contributed by atoms with van der Waals surface area (Å²) in [5.74, 6) is -1.37. The third-order valence-corrected chi connectivity index (χ3v) is 4.64. The van der Waals surface area contributed by atoms with E-state index < -0.39 is 17.5 Å². The Labute approximate surface area is 161 Å². The van der Waals surface area contributed by atoms with E-state index in [2.05, 4.69) is 10.3 Å². The van der Waals surface area contributed by atoms with Crippen LogP contribution in [-0.4, -0.2) is 24.0 Å². The molecule has 1 amide bonds. The average molecular weight is 383 g/mol. The molecule has 0 spiro atoms. The molecule has 144 valence electrons. The molecule has 0 saturated carbocycles. The van der Waals surface area contributed by atoms with E-state index in [1.165, 1.54) is 6.26 Å². The SMILES string of the molecule is O=C(Cc1coc(-c2ccccc2)n1)Nc1cc(F)c(N2CCCC2)c(F)c1.